The zero-order chi connectivity index (χ0) is 19.0. The zero-order valence-electron chi connectivity index (χ0n) is 16.0. The van der Waals surface area contributed by atoms with E-state index in [-0.39, 0.29) is 17.9 Å². The number of para-hydroxylation sites is 2. The maximum absolute atomic E-state index is 12.7. The molecule has 1 N–H and O–H groups in total. The first-order valence-corrected chi connectivity index (χ1v) is 9.48. The van der Waals surface area contributed by atoms with Crippen molar-refractivity contribution >= 4 is 16.9 Å². The molecule has 1 amide bonds. The minimum Gasteiger partial charge on any atom is -0.493 e. The summed E-state index contributed by atoms with van der Waals surface area (Å²) in [5.74, 6) is 2.03. The lowest BCUT2D eigenvalue weighted by Gasteiger charge is -2.22. The van der Waals surface area contributed by atoms with Crippen molar-refractivity contribution < 1.29 is 9.53 Å². The summed E-state index contributed by atoms with van der Waals surface area (Å²) in [5, 5.41) is 3.19. The smallest absolute Gasteiger partial charge is 0.225 e. The summed E-state index contributed by atoms with van der Waals surface area (Å²) >= 11 is 0. The molecule has 1 atom stereocenters. The van der Waals surface area contributed by atoms with Crippen molar-refractivity contribution in [3.8, 4) is 5.75 Å². The molecule has 1 aliphatic heterocycles. The fourth-order valence-electron chi connectivity index (χ4n) is 3.70. The van der Waals surface area contributed by atoms with E-state index in [0.717, 1.165) is 41.2 Å². The van der Waals surface area contributed by atoms with E-state index in [9.17, 15) is 4.79 Å². The van der Waals surface area contributed by atoms with Crippen LogP contribution in [0.3, 0.4) is 0 Å². The van der Waals surface area contributed by atoms with Crippen molar-refractivity contribution in [1.29, 1.82) is 0 Å². The van der Waals surface area contributed by atoms with Gasteiger partial charge in [-0.3, -0.25) is 4.79 Å². The van der Waals surface area contributed by atoms with Crippen LogP contribution in [0.15, 0.2) is 42.5 Å². The van der Waals surface area contributed by atoms with Crippen molar-refractivity contribution in [2.24, 2.45) is 13.0 Å². The minimum absolute atomic E-state index is 0.00120. The van der Waals surface area contributed by atoms with Gasteiger partial charge in [-0.05, 0) is 35.2 Å². The van der Waals surface area contributed by atoms with Gasteiger partial charge in [0.1, 0.15) is 11.6 Å². The zero-order valence-corrected chi connectivity index (χ0v) is 16.0. The predicted molar refractivity (Wildman–Crippen MR) is 106 cm³/mol. The van der Waals surface area contributed by atoms with Gasteiger partial charge in [0.15, 0.2) is 0 Å². The third-order valence-corrected chi connectivity index (χ3v) is 5.21. The molecule has 3 aromatic rings. The highest BCUT2D eigenvalue weighted by atomic mass is 16.5. The van der Waals surface area contributed by atoms with Crippen molar-refractivity contribution in [3.05, 3.63) is 59.4 Å². The highest BCUT2D eigenvalue weighted by molar-refractivity contribution is 5.80. The van der Waals surface area contributed by atoms with Gasteiger partial charge in [0.25, 0.3) is 0 Å². The van der Waals surface area contributed by atoms with Crippen molar-refractivity contribution in [2.75, 3.05) is 6.61 Å². The number of fused-ring (bicyclic) bond motifs is 2. The SMILES string of the molecule is CC(C)[C@H](NC(=O)Cc1ccc2c(c1)OCC2)c1nc2ccccc2n1C. The second-order valence-electron chi connectivity index (χ2n) is 7.52. The van der Waals surface area contributed by atoms with Gasteiger partial charge in [-0.1, -0.05) is 38.1 Å². The number of aromatic nitrogens is 2. The van der Waals surface area contributed by atoms with Gasteiger partial charge in [-0.25, -0.2) is 4.98 Å². The van der Waals surface area contributed by atoms with Crippen molar-refractivity contribution in [3.63, 3.8) is 0 Å². The molecule has 0 saturated carbocycles. The fourth-order valence-corrected chi connectivity index (χ4v) is 3.70. The van der Waals surface area contributed by atoms with Gasteiger partial charge >= 0.3 is 0 Å². The molecular weight excluding hydrogens is 338 g/mol. The summed E-state index contributed by atoms with van der Waals surface area (Å²) in [6, 6.07) is 14.0. The van der Waals surface area contributed by atoms with Gasteiger partial charge in [-0.15, -0.1) is 0 Å². The molecule has 0 radical (unpaired) electrons. The van der Waals surface area contributed by atoms with Gasteiger partial charge < -0.3 is 14.6 Å². The summed E-state index contributed by atoms with van der Waals surface area (Å²) in [6.45, 7) is 4.94. The summed E-state index contributed by atoms with van der Waals surface area (Å²) in [5.41, 5.74) is 4.22. The number of carbonyl (C=O) groups excluding carboxylic acids is 1. The van der Waals surface area contributed by atoms with Gasteiger partial charge in [-0.2, -0.15) is 0 Å². The number of nitrogens with one attached hydrogen (secondary N) is 1. The molecule has 2 heterocycles. The normalized spacial score (nSPS) is 14.2. The minimum atomic E-state index is -0.138. The van der Waals surface area contributed by atoms with Crippen LogP contribution < -0.4 is 10.1 Å². The van der Waals surface area contributed by atoms with E-state index in [1.165, 1.54) is 5.56 Å². The lowest BCUT2D eigenvalue weighted by molar-refractivity contribution is -0.121. The third kappa shape index (κ3) is 3.42. The van der Waals surface area contributed by atoms with E-state index in [1.54, 1.807) is 0 Å². The van der Waals surface area contributed by atoms with E-state index >= 15 is 0 Å². The Bertz CT molecular complexity index is 990. The van der Waals surface area contributed by atoms with E-state index in [4.69, 9.17) is 9.72 Å². The monoisotopic (exact) mass is 363 g/mol. The topological polar surface area (TPSA) is 56.1 Å². The van der Waals surface area contributed by atoms with Crippen LogP contribution in [-0.2, 0) is 24.7 Å². The van der Waals surface area contributed by atoms with E-state index < -0.39 is 0 Å². The molecule has 5 heteroatoms. The number of nitrogens with zero attached hydrogens (tertiary/aromatic N) is 2. The molecule has 4 rings (SSSR count). The second kappa shape index (κ2) is 7.06. The molecule has 1 aliphatic rings. The van der Waals surface area contributed by atoms with E-state index in [2.05, 4.69) is 35.9 Å². The first kappa shape index (κ1) is 17.6. The molecule has 1 aromatic heterocycles. The highest BCUT2D eigenvalue weighted by Gasteiger charge is 2.24. The highest BCUT2D eigenvalue weighted by Crippen LogP contribution is 2.27. The van der Waals surface area contributed by atoms with Gasteiger partial charge in [0.05, 0.1) is 30.1 Å². The van der Waals surface area contributed by atoms with Crippen LogP contribution in [0, 0.1) is 5.92 Å². The Kier molecular flexibility index (Phi) is 4.60. The quantitative estimate of drug-likeness (QED) is 0.754. The van der Waals surface area contributed by atoms with Crippen LogP contribution in [0.25, 0.3) is 11.0 Å². The average Bonchev–Trinajstić information content (AvgIpc) is 3.24. The Hall–Kier alpha value is -2.82. The van der Waals surface area contributed by atoms with E-state index in [1.807, 2.05) is 37.4 Å². The largest absolute Gasteiger partial charge is 0.493 e. The number of hydrogen-bond acceptors (Lipinski definition) is 3. The summed E-state index contributed by atoms with van der Waals surface area (Å²) in [4.78, 5) is 17.5. The number of hydrogen-bond donors (Lipinski definition) is 1. The Morgan fingerprint density at radius 1 is 1.26 bits per heavy atom. The van der Waals surface area contributed by atoms with Crippen LogP contribution in [-0.4, -0.2) is 22.1 Å². The number of amides is 1. The van der Waals surface area contributed by atoms with Crippen molar-refractivity contribution in [1.82, 2.24) is 14.9 Å². The van der Waals surface area contributed by atoms with Gasteiger partial charge in [0, 0.05) is 13.5 Å². The molecule has 5 nitrogen and oxygen atoms in total. The second-order valence-corrected chi connectivity index (χ2v) is 7.52. The maximum Gasteiger partial charge on any atom is 0.225 e. The molecule has 0 saturated heterocycles. The molecule has 0 unspecified atom stereocenters. The number of aryl methyl sites for hydroxylation is 1. The number of carbonyl (C=O) groups is 1. The van der Waals surface area contributed by atoms with Gasteiger partial charge in [0.2, 0.25) is 5.91 Å². The Labute approximate surface area is 159 Å². The standard InChI is InChI=1S/C22H25N3O2/c1-14(2)21(22-23-17-6-4-5-7-18(17)25(22)3)24-20(26)13-15-8-9-16-10-11-27-19(16)12-15/h4-9,12,14,21H,10-11,13H2,1-3H3,(H,24,26)/t21-/m0/s1. The summed E-state index contributed by atoms with van der Waals surface area (Å²) in [6.07, 6.45) is 1.29. The summed E-state index contributed by atoms with van der Waals surface area (Å²) in [7, 11) is 2.00. The fraction of sp³-hybridized carbons (Fsp3) is 0.364. The van der Waals surface area contributed by atoms with Crippen molar-refractivity contribution in [2.45, 2.75) is 32.7 Å². The molecule has 0 bridgehead atoms. The third-order valence-electron chi connectivity index (χ3n) is 5.21. The first-order chi connectivity index (χ1) is 13.0. The van der Waals surface area contributed by atoms with Crippen LogP contribution in [0.2, 0.25) is 0 Å². The van der Waals surface area contributed by atoms with Crippen LogP contribution in [0.5, 0.6) is 5.75 Å². The lowest BCUT2D eigenvalue weighted by Crippen LogP contribution is -2.34. The predicted octanol–water partition coefficient (Wildman–Crippen LogP) is 3.56. The summed E-state index contributed by atoms with van der Waals surface area (Å²) < 4.78 is 7.69. The Morgan fingerprint density at radius 3 is 2.85 bits per heavy atom. The molecule has 0 aliphatic carbocycles. The number of benzene rings is 2. The molecule has 140 valence electrons. The molecule has 27 heavy (non-hydrogen) atoms. The van der Waals surface area contributed by atoms with Crippen LogP contribution in [0.1, 0.15) is 36.8 Å². The Morgan fingerprint density at radius 2 is 2.07 bits per heavy atom. The Balaban J connectivity index is 1.54. The average molecular weight is 363 g/mol. The maximum atomic E-state index is 12.7. The molecule has 0 fully saturated rings. The molecule has 2 aromatic carbocycles. The number of imidazole rings is 1. The molecule has 0 spiro atoms. The number of ether oxygens (including phenoxy) is 1. The first-order valence-electron chi connectivity index (χ1n) is 9.48. The lowest BCUT2D eigenvalue weighted by atomic mass is 10.0. The van der Waals surface area contributed by atoms with E-state index in [0.29, 0.717) is 6.42 Å². The molecular formula is C22H25N3O2. The number of rotatable bonds is 5. The van der Waals surface area contributed by atoms with Crippen LogP contribution in [0.4, 0.5) is 0 Å². The van der Waals surface area contributed by atoms with Crippen LogP contribution >= 0.6 is 0 Å².